The molecule has 0 bridgehead atoms. The maximum absolute atomic E-state index is 5.67. The molecule has 0 spiro atoms. The summed E-state index contributed by atoms with van der Waals surface area (Å²) in [5.74, 6) is 1.96. The van der Waals surface area contributed by atoms with Gasteiger partial charge in [0.2, 0.25) is 0 Å². The number of aromatic nitrogens is 5. The lowest BCUT2D eigenvalue weighted by Gasteiger charge is -2.34. The molecule has 0 saturated carbocycles. The van der Waals surface area contributed by atoms with E-state index in [9.17, 15) is 0 Å². The van der Waals surface area contributed by atoms with Crippen molar-refractivity contribution in [2.45, 2.75) is 32.7 Å². The number of H-pyrrole nitrogens is 1. The molecule has 1 aromatic carbocycles. The summed E-state index contributed by atoms with van der Waals surface area (Å²) >= 11 is 0. The zero-order valence-electron chi connectivity index (χ0n) is 17.3. The number of benzene rings is 1. The molecule has 7 nitrogen and oxygen atoms in total. The fourth-order valence-corrected chi connectivity index (χ4v) is 4.21. The first-order chi connectivity index (χ1) is 14.0. The lowest BCUT2D eigenvalue weighted by molar-refractivity contribution is 0.0986. The number of hydrogen-bond acceptors (Lipinski definition) is 5. The molecule has 5 rings (SSSR count). The van der Waals surface area contributed by atoms with Crippen LogP contribution >= 0.6 is 0 Å². The fourth-order valence-electron chi connectivity index (χ4n) is 4.21. The molecule has 0 unspecified atom stereocenters. The third kappa shape index (κ3) is 2.88. The topological polar surface area (TPSA) is 71.9 Å². The van der Waals surface area contributed by atoms with Gasteiger partial charge in [0.05, 0.1) is 24.9 Å². The number of aryl methyl sites for hydroxylation is 1. The van der Waals surface area contributed by atoms with E-state index in [1.54, 1.807) is 0 Å². The van der Waals surface area contributed by atoms with E-state index in [0.717, 1.165) is 51.4 Å². The first-order valence-electron chi connectivity index (χ1n) is 10.2. The molecule has 7 heteroatoms. The van der Waals surface area contributed by atoms with E-state index in [1.807, 2.05) is 24.0 Å². The van der Waals surface area contributed by atoms with Crippen LogP contribution in [-0.2, 0) is 11.8 Å². The van der Waals surface area contributed by atoms with Gasteiger partial charge in [0.1, 0.15) is 11.0 Å². The van der Waals surface area contributed by atoms with Gasteiger partial charge < -0.3 is 14.6 Å². The van der Waals surface area contributed by atoms with Gasteiger partial charge in [-0.2, -0.15) is 5.10 Å². The number of nitrogens with zero attached hydrogens (tertiary/aromatic N) is 5. The Kier molecular flexibility index (Phi) is 4.28. The maximum Gasteiger partial charge on any atom is 0.163 e. The Hall–Kier alpha value is -2.93. The predicted molar refractivity (Wildman–Crippen MR) is 115 cm³/mol. The number of anilines is 1. The number of ether oxygens (including phenoxy) is 1. The highest BCUT2D eigenvalue weighted by Gasteiger charge is 2.27. The molecule has 0 aliphatic carbocycles. The van der Waals surface area contributed by atoms with Gasteiger partial charge in [0.15, 0.2) is 11.6 Å². The van der Waals surface area contributed by atoms with Crippen molar-refractivity contribution in [2.24, 2.45) is 7.05 Å². The van der Waals surface area contributed by atoms with E-state index in [0.29, 0.717) is 13.2 Å². The van der Waals surface area contributed by atoms with Crippen molar-refractivity contribution in [1.29, 1.82) is 0 Å². The zero-order chi connectivity index (χ0) is 20.1. The second-order valence-corrected chi connectivity index (χ2v) is 8.09. The number of fused-ring (bicyclic) bond motifs is 2. The predicted octanol–water partition coefficient (Wildman–Crippen LogP) is 3.86. The molecule has 1 atom stereocenters. The minimum Gasteiger partial charge on any atom is -0.377 e. The summed E-state index contributed by atoms with van der Waals surface area (Å²) < 4.78 is 7.60. The molecule has 4 aromatic rings. The molecule has 0 radical (unpaired) electrons. The third-order valence-electron chi connectivity index (χ3n) is 5.71. The Morgan fingerprint density at radius 2 is 2.07 bits per heavy atom. The smallest absolute Gasteiger partial charge is 0.163 e. The molecule has 1 fully saturated rings. The molecular formula is C22H26N6O. The lowest BCUT2D eigenvalue weighted by atomic mass is 10.1. The molecule has 1 saturated heterocycles. The Labute approximate surface area is 169 Å². The monoisotopic (exact) mass is 390 g/mol. The average Bonchev–Trinajstić information content (AvgIpc) is 3.32. The van der Waals surface area contributed by atoms with Crippen molar-refractivity contribution in [3.63, 3.8) is 0 Å². The summed E-state index contributed by atoms with van der Waals surface area (Å²) in [6, 6.07) is 8.55. The summed E-state index contributed by atoms with van der Waals surface area (Å²) in [5.41, 5.74) is 5.06. The van der Waals surface area contributed by atoms with Crippen molar-refractivity contribution in [1.82, 2.24) is 24.7 Å². The Morgan fingerprint density at radius 3 is 2.86 bits per heavy atom. The number of aromatic amines is 1. The first-order valence-corrected chi connectivity index (χ1v) is 10.2. The minimum absolute atomic E-state index is 0.246. The van der Waals surface area contributed by atoms with Gasteiger partial charge in [-0.15, -0.1) is 0 Å². The van der Waals surface area contributed by atoms with Crippen molar-refractivity contribution in [2.75, 3.05) is 24.7 Å². The van der Waals surface area contributed by atoms with Gasteiger partial charge >= 0.3 is 0 Å². The average molecular weight is 390 g/mol. The summed E-state index contributed by atoms with van der Waals surface area (Å²) in [6.45, 7) is 8.71. The highest BCUT2D eigenvalue weighted by Crippen LogP contribution is 2.35. The zero-order valence-corrected chi connectivity index (χ0v) is 17.3. The second kappa shape index (κ2) is 6.84. The van der Waals surface area contributed by atoms with Crippen LogP contribution in [0.2, 0.25) is 0 Å². The van der Waals surface area contributed by atoms with Crippen molar-refractivity contribution in [3.05, 3.63) is 36.2 Å². The van der Waals surface area contributed by atoms with Crippen LogP contribution in [0.5, 0.6) is 0 Å². The van der Waals surface area contributed by atoms with E-state index >= 15 is 0 Å². The van der Waals surface area contributed by atoms with Gasteiger partial charge in [-0.25, -0.2) is 9.97 Å². The molecule has 0 amide bonds. The second-order valence-electron chi connectivity index (χ2n) is 8.09. The highest BCUT2D eigenvalue weighted by molar-refractivity contribution is 5.96. The summed E-state index contributed by atoms with van der Waals surface area (Å²) in [5, 5.41) is 5.93. The van der Waals surface area contributed by atoms with Gasteiger partial charge in [-0.1, -0.05) is 26.0 Å². The Morgan fingerprint density at radius 1 is 1.21 bits per heavy atom. The van der Waals surface area contributed by atoms with E-state index in [1.165, 1.54) is 0 Å². The van der Waals surface area contributed by atoms with E-state index < -0.39 is 0 Å². The van der Waals surface area contributed by atoms with E-state index in [2.05, 4.69) is 48.9 Å². The summed E-state index contributed by atoms with van der Waals surface area (Å²) in [7, 11) is 1.98. The largest absolute Gasteiger partial charge is 0.377 e. The number of morpholine rings is 1. The van der Waals surface area contributed by atoms with Gasteiger partial charge in [0, 0.05) is 36.3 Å². The normalized spacial score (nSPS) is 17.7. The van der Waals surface area contributed by atoms with Crippen LogP contribution in [0, 0.1) is 0 Å². The van der Waals surface area contributed by atoms with Crippen LogP contribution in [0.1, 0.15) is 32.4 Å². The quantitative estimate of drug-likeness (QED) is 0.575. The van der Waals surface area contributed by atoms with Crippen LogP contribution < -0.4 is 4.90 Å². The SMILES string of the molecule is CC(C)c1nn(C)c2c(N3CCOC[C@H]3C)nc(-c3cccc4[nH]ccc34)nc12. The number of hydrogen-bond donors (Lipinski definition) is 1. The van der Waals surface area contributed by atoms with Crippen LogP contribution in [0.15, 0.2) is 30.5 Å². The van der Waals surface area contributed by atoms with Crippen LogP contribution in [0.4, 0.5) is 5.82 Å². The van der Waals surface area contributed by atoms with E-state index in [4.69, 9.17) is 19.8 Å². The highest BCUT2D eigenvalue weighted by atomic mass is 16.5. The molecule has 1 N–H and O–H groups in total. The maximum atomic E-state index is 5.67. The number of rotatable bonds is 3. The standard InChI is InChI=1S/C22H26N6O/c1-13(2)18-19-20(27(4)26-18)22(28-10-11-29-12-14(28)3)25-21(24-19)16-6-5-7-17-15(16)8-9-23-17/h5-9,13-14,23H,10-12H2,1-4H3/t14-/m1/s1. The van der Waals surface area contributed by atoms with Gasteiger partial charge in [-0.05, 0) is 25.0 Å². The Bertz CT molecular complexity index is 1190. The molecule has 150 valence electrons. The fraction of sp³-hybridized carbons (Fsp3) is 0.409. The van der Waals surface area contributed by atoms with Gasteiger partial charge in [0.25, 0.3) is 0 Å². The molecular weight excluding hydrogens is 364 g/mol. The molecule has 4 heterocycles. The molecule has 1 aliphatic heterocycles. The molecule has 1 aliphatic rings. The van der Waals surface area contributed by atoms with Crippen molar-refractivity contribution >= 4 is 27.8 Å². The lowest BCUT2D eigenvalue weighted by Crippen LogP contribution is -2.44. The van der Waals surface area contributed by atoms with E-state index in [-0.39, 0.29) is 12.0 Å². The first kappa shape index (κ1) is 18.1. The van der Waals surface area contributed by atoms with Crippen molar-refractivity contribution < 1.29 is 4.74 Å². The number of nitrogens with one attached hydrogen (secondary N) is 1. The Balaban J connectivity index is 1.81. The van der Waals surface area contributed by atoms with Gasteiger partial charge in [-0.3, -0.25) is 4.68 Å². The van der Waals surface area contributed by atoms with Crippen molar-refractivity contribution in [3.8, 4) is 11.4 Å². The molecule has 3 aromatic heterocycles. The summed E-state index contributed by atoms with van der Waals surface area (Å²) in [6.07, 6.45) is 1.96. The minimum atomic E-state index is 0.246. The third-order valence-corrected chi connectivity index (χ3v) is 5.71. The van der Waals surface area contributed by atoms with Crippen LogP contribution in [0.25, 0.3) is 33.3 Å². The summed E-state index contributed by atoms with van der Waals surface area (Å²) in [4.78, 5) is 15.7. The van der Waals surface area contributed by atoms with Crippen LogP contribution in [-0.4, -0.2) is 50.5 Å². The van der Waals surface area contributed by atoms with Crippen LogP contribution in [0.3, 0.4) is 0 Å². The molecule has 29 heavy (non-hydrogen) atoms.